The zero-order valence-electron chi connectivity index (χ0n) is 10.2. The van der Waals surface area contributed by atoms with Crippen LogP contribution in [0.15, 0.2) is 18.7 Å². The first-order valence-corrected chi connectivity index (χ1v) is 6.52. The van der Waals surface area contributed by atoms with E-state index in [1.54, 1.807) is 0 Å². The molecular weight excluding hydrogens is 214 g/mol. The van der Waals surface area contributed by atoms with Crippen molar-refractivity contribution in [2.24, 2.45) is 11.8 Å². The second-order valence-corrected chi connectivity index (χ2v) is 5.40. The Balaban J connectivity index is 1.72. The molecule has 0 aromatic carbocycles. The fraction of sp³-hybridized carbons (Fsp3) is 0.692. The Hall–Kier alpha value is -1.32. The number of piperidine rings is 1. The molecular formula is C13H19N3O. The maximum atomic E-state index is 12.1. The van der Waals surface area contributed by atoms with E-state index in [-0.39, 0.29) is 0 Å². The Morgan fingerprint density at radius 2 is 2.18 bits per heavy atom. The van der Waals surface area contributed by atoms with Crippen LogP contribution in [0.4, 0.5) is 0 Å². The first-order valence-electron chi connectivity index (χ1n) is 6.52. The van der Waals surface area contributed by atoms with Gasteiger partial charge < -0.3 is 9.47 Å². The van der Waals surface area contributed by atoms with Gasteiger partial charge in [0, 0.05) is 31.4 Å². The summed E-state index contributed by atoms with van der Waals surface area (Å²) in [5.74, 6) is 1.33. The molecule has 0 radical (unpaired) electrons. The molecule has 92 valence electrons. The van der Waals surface area contributed by atoms with E-state index in [1.165, 1.54) is 0 Å². The number of carbonyl (C=O) groups excluding carboxylic acids is 1. The topological polar surface area (TPSA) is 38.1 Å². The van der Waals surface area contributed by atoms with Crippen LogP contribution in [-0.4, -0.2) is 33.4 Å². The Bertz CT molecular complexity index is 397. The van der Waals surface area contributed by atoms with Crippen molar-refractivity contribution < 1.29 is 4.79 Å². The van der Waals surface area contributed by atoms with Crippen LogP contribution in [0.3, 0.4) is 0 Å². The number of amides is 1. The van der Waals surface area contributed by atoms with Crippen LogP contribution in [0.5, 0.6) is 0 Å². The van der Waals surface area contributed by atoms with Gasteiger partial charge in [-0.25, -0.2) is 4.98 Å². The second-order valence-electron chi connectivity index (χ2n) is 5.40. The molecule has 2 aliphatic rings. The molecule has 0 spiro atoms. The molecule has 1 saturated carbocycles. The molecule has 2 heterocycles. The predicted molar refractivity (Wildman–Crippen MR) is 64.3 cm³/mol. The summed E-state index contributed by atoms with van der Waals surface area (Å²) >= 11 is 0. The van der Waals surface area contributed by atoms with Crippen molar-refractivity contribution in [2.75, 3.05) is 13.1 Å². The molecule has 1 aliphatic heterocycles. The van der Waals surface area contributed by atoms with Crippen LogP contribution in [0, 0.1) is 11.8 Å². The quantitative estimate of drug-likeness (QED) is 0.780. The lowest BCUT2D eigenvalue weighted by atomic mass is 9.93. The molecule has 2 unspecified atom stereocenters. The SMILES string of the molecule is CC1CCN(C(=O)C2CC2)CC1n1ccnc1. The number of carbonyl (C=O) groups is 1. The molecule has 0 bridgehead atoms. The summed E-state index contributed by atoms with van der Waals surface area (Å²) in [6, 6.07) is 0.397. The van der Waals surface area contributed by atoms with Crippen molar-refractivity contribution in [1.82, 2.24) is 14.5 Å². The molecule has 4 nitrogen and oxygen atoms in total. The van der Waals surface area contributed by atoms with Crippen LogP contribution < -0.4 is 0 Å². The standard InChI is InChI=1S/C13H19N3O/c1-10-4-6-15(13(17)11-2-3-11)8-12(10)16-7-5-14-9-16/h5,7,9-12H,2-4,6,8H2,1H3. The smallest absolute Gasteiger partial charge is 0.225 e. The summed E-state index contributed by atoms with van der Waals surface area (Å²) in [6.07, 6.45) is 8.98. The molecule has 2 atom stereocenters. The van der Waals surface area contributed by atoms with Gasteiger partial charge in [-0.3, -0.25) is 4.79 Å². The zero-order valence-corrected chi connectivity index (χ0v) is 10.2. The third-order valence-corrected chi connectivity index (χ3v) is 4.06. The number of aromatic nitrogens is 2. The first-order chi connectivity index (χ1) is 8.25. The highest BCUT2D eigenvalue weighted by atomic mass is 16.2. The molecule has 2 fully saturated rings. The molecule has 3 rings (SSSR count). The van der Waals surface area contributed by atoms with Crippen molar-refractivity contribution >= 4 is 5.91 Å². The Morgan fingerprint density at radius 1 is 1.35 bits per heavy atom. The van der Waals surface area contributed by atoms with E-state index < -0.39 is 0 Å². The molecule has 1 aromatic heterocycles. The predicted octanol–water partition coefficient (Wildman–Crippen LogP) is 1.70. The summed E-state index contributed by atoms with van der Waals surface area (Å²) in [5, 5.41) is 0. The van der Waals surface area contributed by atoms with Crippen molar-refractivity contribution in [3.8, 4) is 0 Å². The van der Waals surface area contributed by atoms with Gasteiger partial charge in [0.25, 0.3) is 0 Å². The summed E-state index contributed by atoms with van der Waals surface area (Å²) in [4.78, 5) is 18.2. The maximum absolute atomic E-state index is 12.1. The molecule has 4 heteroatoms. The number of hydrogen-bond donors (Lipinski definition) is 0. The number of rotatable bonds is 2. The van der Waals surface area contributed by atoms with E-state index in [9.17, 15) is 4.79 Å². The molecule has 1 amide bonds. The minimum absolute atomic E-state index is 0.340. The minimum atomic E-state index is 0.340. The lowest BCUT2D eigenvalue weighted by Crippen LogP contribution is -2.44. The van der Waals surface area contributed by atoms with Crippen molar-refractivity contribution in [2.45, 2.75) is 32.2 Å². The van der Waals surface area contributed by atoms with Crippen LogP contribution in [0.25, 0.3) is 0 Å². The van der Waals surface area contributed by atoms with Gasteiger partial charge >= 0.3 is 0 Å². The van der Waals surface area contributed by atoms with Crippen LogP contribution in [-0.2, 0) is 4.79 Å². The number of imidazole rings is 1. The number of hydrogen-bond acceptors (Lipinski definition) is 2. The van der Waals surface area contributed by atoms with Gasteiger partial charge in [0.2, 0.25) is 5.91 Å². The fourth-order valence-corrected chi connectivity index (χ4v) is 2.69. The molecule has 1 saturated heterocycles. The van der Waals surface area contributed by atoms with Gasteiger partial charge in [0.1, 0.15) is 0 Å². The lowest BCUT2D eigenvalue weighted by Gasteiger charge is -2.37. The molecule has 0 N–H and O–H groups in total. The van der Waals surface area contributed by atoms with Crippen LogP contribution in [0.2, 0.25) is 0 Å². The van der Waals surface area contributed by atoms with Gasteiger partial charge in [-0.05, 0) is 25.2 Å². The van der Waals surface area contributed by atoms with E-state index in [0.717, 1.165) is 32.4 Å². The molecule has 17 heavy (non-hydrogen) atoms. The Kier molecular flexibility index (Phi) is 2.65. The van der Waals surface area contributed by atoms with E-state index in [4.69, 9.17) is 0 Å². The first kappa shape index (κ1) is 10.8. The summed E-state index contributed by atoms with van der Waals surface area (Å²) in [6.45, 7) is 4.05. The highest BCUT2D eigenvalue weighted by molar-refractivity contribution is 5.81. The van der Waals surface area contributed by atoms with E-state index >= 15 is 0 Å². The van der Waals surface area contributed by atoms with Gasteiger partial charge in [-0.1, -0.05) is 6.92 Å². The Labute approximate surface area is 102 Å². The highest BCUT2D eigenvalue weighted by Gasteiger charge is 2.37. The minimum Gasteiger partial charge on any atom is -0.340 e. The Morgan fingerprint density at radius 3 is 2.82 bits per heavy atom. The zero-order chi connectivity index (χ0) is 11.8. The average Bonchev–Trinajstić information content (AvgIpc) is 3.05. The number of nitrogens with zero attached hydrogens (tertiary/aromatic N) is 3. The fourth-order valence-electron chi connectivity index (χ4n) is 2.69. The molecule has 1 aliphatic carbocycles. The van der Waals surface area contributed by atoms with Crippen molar-refractivity contribution in [3.63, 3.8) is 0 Å². The monoisotopic (exact) mass is 233 g/mol. The maximum Gasteiger partial charge on any atom is 0.225 e. The average molecular weight is 233 g/mol. The largest absolute Gasteiger partial charge is 0.340 e. The summed E-state index contributed by atoms with van der Waals surface area (Å²) in [5.41, 5.74) is 0. The molecule has 1 aromatic rings. The van der Waals surface area contributed by atoms with E-state index in [0.29, 0.717) is 23.8 Å². The van der Waals surface area contributed by atoms with Gasteiger partial charge in [-0.2, -0.15) is 0 Å². The van der Waals surface area contributed by atoms with Crippen molar-refractivity contribution in [1.29, 1.82) is 0 Å². The third-order valence-electron chi connectivity index (χ3n) is 4.06. The van der Waals surface area contributed by atoms with Gasteiger partial charge in [0.15, 0.2) is 0 Å². The summed E-state index contributed by atoms with van der Waals surface area (Å²) < 4.78 is 2.15. The normalized spacial score (nSPS) is 29.4. The van der Waals surface area contributed by atoms with Gasteiger partial charge in [-0.15, -0.1) is 0 Å². The summed E-state index contributed by atoms with van der Waals surface area (Å²) in [7, 11) is 0. The second kappa shape index (κ2) is 4.17. The third kappa shape index (κ3) is 2.08. The van der Waals surface area contributed by atoms with Crippen molar-refractivity contribution in [3.05, 3.63) is 18.7 Å². The van der Waals surface area contributed by atoms with E-state index in [1.807, 2.05) is 18.7 Å². The van der Waals surface area contributed by atoms with E-state index in [2.05, 4.69) is 21.4 Å². The van der Waals surface area contributed by atoms with Gasteiger partial charge in [0.05, 0.1) is 12.4 Å². The highest BCUT2D eigenvalue weighted by Crippen LogP contribution is 2.34. The lowest BCUT2D eigenvalue weighted by molar-refractivity contribution is -0.134. The van der Waals surface area contributed by atoms with Crippen LogP contribution in [0.1, 0.15) is 32.2 Å². The van der Waals surface area contributed by atoms with Crippen LogP contribution >= 0.6 is 0 Å². The number of likely N-dealkylation sites (tertiary alicyclic amines) is 1.